The van der Waals surface area contributed by atoms with Gasteiger partial charge in [-0.3, -0.25) is 0 Å². The molecule has 0 N–H and O–H groups in total. The summed E-state index contributed by atoms with van der Waals surface area (Å²) in [5, 5.41) is 2.61. The second kappa shape index (κ2) is 5.42. The van der Waals surface area contributed by atoms with E-state index in [1.54, 1.807) is 0 Å². The Morgan fingerprint density at radius 3 is 2.12 bits per heavy atom. The molecule has 0 amide bonds. The highest BCUT2D eigenvalue weighted by atomic mass is 32.1. The molecule has 0 bridgehead atoms. The lowest BCUT2D eigenvalue weighted by Crippen LogP contribution is -2.13. The Kier molecular flexibility index (Phi) is 3.47. The van der Waals surface area contributed by atoms with Crippen molar-refractivity contribution < 1.29 is 0 Å². The third-order valence-electron chi connectivity index (χ3n) is 4.61. The highest BCUT2D eigenvalue weighted by Gasteiger charge is 2.22. The lowest BCUT2D eigenvalue weighted by atomic mass is 9.85. The van der Waals surface area contributed by atoms with Crippen LogP contribution in [0.4, 0.5) is 0 Å². The predicted octanol–water partition coefficient (Wildman–Crippen LogP) is 6.37. The van der Waals surface area contributed by atoms with Crippen LogP contribution in [0.2, 0.25) is 0 Å². The van der Waals surface area contributed by atoms with Crippen LogP contribution in [-0.2, 0) is 5.41 Å². The zero-order valence-corrected chi connectivity index (χ0v) is 15.1. The van der Waals surface area contributed by atoms with Gasteiger partial charge >= 0.3 is 0 Å². The molecular weight excluding hydrogens is 310 g/mol. The summed E-state index contributed by atoms with van der Waals surface area (Å²) < 4.78 is 2.39. The van der Waals surface area contributed by atoms with E-state index in [1.165, 1.54) is 33.1 Å². The standard InChI is InChI=1S/C22H21NS/c1-22(2,3)19-9-6-8-18-17-7-4-5-10-20(17)23(21(18)19)15-11-13-16(24)14-12-15/h4-14,24H,1-3H3. The maximum atomic E-state index is 4.43. The Morgan fingerprint density at radius 2 is 1.42 bits per heavy atom. The zero-order chi connectivity index (χ0) is 16.9. The highest BCUT2D eigenvalue weighted by molar-refractivity contribution is 7.80. The van der Waals surface area contributed by atoms with Crippen LogP contribution in [0, 0.1) is 0 Å². The quantitative estimate of drug-likeness (QED) is 0.387. The van der Waals surface area contributed by atoms with Crippen molar-refractivity contribution in [3.63, 3.8) is 0 Å². The molecule has 0 radical (unpaired) electrons. The fourth-order valence-electron chi connectivity index (χ4n) is 3.49. The van der Waals surface area contributed by atoms with Gasteiger partial charge in [0.15, 0.2) is 0 Å². The number of hydrogen-bond donors (Lipinski definition) is 1. The van der Waals surface area contributed by atoms with Crippen molar-refractivity contribution in [1.29, 1.82) is 0 Å². The van der Waals surface area contributed by atoms with Gasteiger partial charge < -0.3 is 4.57 Å². The molecule has 4 aromatic rings. The van der Waals surface area contributed by atoms with Crippen LogP contribution in [0.25, 0.3) is 27.5 Å². The Bertz CT molecular complexity index is 1030. The van der Waals surface area contributed by atoms with E-state index in [-0.39, 0.29) is 5.41 Å². The fourth-order valence-corrected chi connectivity index (χ4v) is 3.64. The van der Waals surface area contributed by atoms with Crippen LogP contribution in [0.5, 0.6) is 0 Å². The van der Waals surface area contributed by atoms with Crippen molar-refractivity contribution >= 4 is 34.4 Å². The summed E-state index contributed by atoms with van der Waals surface area (Å²) in [4.78, 5) is 0.982. The molecule has 0 saturated heterocycles. The number of para-hydroxylation sites is 2. The van der Waals surface area contributed by atoms with E-state index in [9.17, 15) is 0 Å². The molecular formula is C22H21NS. The lowest BCUT2D eigenvalue weighted by molar-refractivity contribution is 0.594. The van der Waals surface area contributed by atoms with Gasteiger partial charge in [-0.15, -0.1) is 12.6 Å². The fraction of sp³-hybridized carbons (Fsp3) is 0.182. The number of benzene rings is 3. The molecule has 4 rings (SSSR count). The molecule has 0 atom stereocenters. The predicted molar refractivity (Wildman–Crippen MR) is 107 cm³/mol. The second-order valence-electron chi connectivity index (χ2n) is 7.32. The molecule has 0 unspecified atom stereocenters. The normalized spacial score (nSPS) is 12.2. The second-order valence-corrected chi connectivity index (χ2v) is 7.84. The molecule has 2 heteroatoms. The Balaban J connectivity index is 2.22. The molecule has 1 heterocycles. The summed E-state index contributed by atoms with van der Waals surface area (Å²) in [5.74, 6) is 0. The van der Waals surface area contributed by atoms with E-state index in [4.69, 9.17) is 0 Å². The Labute approximate surface area is 148 Å². The highest BCUT2D eigenvalue weighted by Crippen LogP contribution is 2.38. The third-order valence-corrected chi connectivity index (χ3v) is 4.91. The molecule has 24 heavy (non-hydrogen) atoms. The summed E-state index contributed by atoms with van der Waals surface area (Å²) in [7, 11) is 0. The van der Waals surface area contributed by atoms with Gasteiger partial charge in [0.1, 0.15) is 0 Å². The van der Waals surface area contributed by atoms with Crippen LogP contribution in [0.3, 0.4) is 0 Å². The van der Waals surface area contributed by atoms with Crippen molar-refractivity contribution in [2.45, 2.75) is 31.1 Å². The van der Waals surface area contributed by atoms with Crippen molar-refractivity contribution in [2.75, 3.05) is 0 Å². The van der Waals surface area contributed by atoms with Gasteiger partial charge in [-0.2, -0.15) is 0 Å². The number of rotatable bonds is 1. The van der Waals surface area contributed by atoms with E-state index in [0.29, 0.717) is 0 Å². The van der Waals surface area contributed by atoms with Crippen LogP contribution >= 0.6 is 12.6 Å². The minimum atomic E-state index is 0.0785. The smallest absolute Gasteiger partial charge is 0.0578 e. The number of aromatic nitrogens is 1. The first-order valence-electron chi connectivity index (χ1n) is 8.29. The Hall–Kier alpha value is -2.19. The minimum absolute atomic E-state index is 0.0785. The van der Waals surface area contributed by atoms with E-state index < -0.39 is 0 Å². The molecule has 0 aliphatic carbocycles. The van der Waals surface area contributed by atoms with Crippen molar-refractivity contribution in [1.82, 2.24) is 4.57 Å². The molecule has 120 valence electrons. The molecule has 0 fully saturated rings. The summed E-state index contributed by atoms with van der Waals surface area (Å²) in [6.07, 6.45) is 0. The van der Waals surface area contributed by atoms with Crippen molar-refractivity contribution in [2.24, 2.45) is 0 Å². The largest absolute Gasteiger partial charge is 0.309 e. The first-order chi connectivity index (χ1) is 11.5. The molecule has 1 nitrogen and oxygen atoms in total. The number of hydrogen-bond acceptors (Lipinski definition) is 1. The van der Waals surface area contributed by atoms with Gasteiger partial charge in [0.25, 0.3) is 0 Å². The van der Waals surface area contributed by atoms with Gasteiger partial charge in [0.05, 0.1) is 11.0 Å². The number of thiol groups is 1. The maximum Gasteiger partial charge on any atom is 0.0578 e. The van der Waals surface area contributed by atoms with E-state index in [2.05, 4.69) is 105 Å². The van der Waals surface area contributed by atoms with Gasteiger partial charge in [-0.05, 0) is 41.3 Å². The van der Waals surface area contributed by atoms with E-state index >= 15 is 0 Å². The summed E-state index contributed by atoms with van der Waals surface area (Å²) in [5.41, 5.74) is 5.17. The van der Waals surface area contributed by atoms with E-state index in [0.717, 1.165) is 4.90 Å². The van der Waals surface area contributed by atoms with Crippen molar-refractivity contribution in [3.8, 4) is 5.69 Å². The van der Waals surface area contributed by atoms with Gasteiger partial charge in [-0.1, -0.05) is 57.2 Å². The maximum absolute atomic E-state index is 4.43. The van der Waals surface area contributed by atoms with Crippen LogP contribution in [-0.4, -0.2) is 4.57 Å². The third kappa shape index (κ3) is 2.33. The molecule has 3 aromatic carbocycles. The molecule has 0 spiro atoms. The Morgan fingerprint density at radius 1 is 0.750 bits per heavy atom. The molecule has 1 aromatic heterocycles. The van der Waals surface area contributed by atoms with Gasteiger partial charge in [0, 0.05) is 21.4 Å². The average molecular weight is 331 g/mol. The summed E-state index contributed by atoms with van der Waals surface area (Å²) in [6, 6.07) is 23.7. The molecule has 0 aliphatic rings. The summed E-state index contributed by atoms with van der Waals surface area (Å²) >= 11 is 4.43. The van der Waals surface area contributed by atoms with Crippen LogP contribution < -0.4 is 0 Å². The van der Waals surface area contributed by atoms with Gasteiger partial charge in [-0.25, -0.2) is 0 Å². The van der Waals surface area contributed by atoms with Crippen LogP contribution in [0.15, 0.2) is 71.6 Å². The van der Waals surface area contributed by atoms with E-state index in [1.807, 2.05) is 0 Å². The van der Waals surface area contributed by atoms with Gasteiger partial charge in [0.2, 0.25) is 0 Å². The minimum Gasteiger partial charge on any atom is -0.309 e. The zero-order valence-electron chi connectivity index (χ0n) is 14.2. The molecule has 0 aliphatic heterocycles. The molecule has 0 saturated carbocycles. The number of nitrogens with zero attached hydrogens (tertiary/aromatic N) is 1. The first-order valence-corrected chi connectivity index (χ1v) is 8.73. The van der Waals surface area contributed by atoms with Crippen molar-refractivity contribution in [3.05, 3.63) is 72.3 Å². The monoisotopic (exact) mass is 331 g/mol. The average Bonchev–Trinajstić information content (AvgIpc) is 2.89. The summed E-state index contributed by atoms with van der Waals surface area (Å²) in [6.45, 7) is 6.84. The lowest BCUT2D eigenvalue weighted by Gasteiger charge is -2.22. The van der Waals surface area contributed by atoms with Crippen LogP contribution in [0.1, 0.15) is 26.3 Å². The number of fused-ring (bicyclic) bond motifs is 3. The SMILES string of the molecule is CC(C)(C)c1cccc2c3ccccc3n(-c3ccc(S)cc3)c12. The first kappa shape index (κ1) is 15.3. The topological polar surface area (TPSA) is 4.93 Å².